The number of hydrogen-bond donors (Lipinski definition) is 1. The maximum Gasteiger partial charge on any atom is 0.221 e. The van der Waals surface area contributed by atoms with Crippen molar-refractivity contribution in [2.75, 3.05) is 0 Å². The molecule has 1 aromatic heterocycles. The third-order valence-corrected chi connectivity index (χ3v) is 7.09. The summed E-state index contributed by atoms with van der Waals surface area (Å²) in [5.74, 6) is -0.245. The number of nitrogens with one attached hydrogen (secondary N) is 1. The number of carbonyl (C=O) groups is 1. The van der Waals surface area contributed by atoms with Crippen LogP contribution in [0.1, 0.15) is 34.7 Å². The number of benzene rings is 4. The van der Waals surface area contributed by atoms with Crippen molar-refractivity contribution in [2.45, 2.75) is 18.9 Å². The highest BCUT2D eigenvalue weighted by atomic mass is 35.5. The Morgan fingerprint density at radius 3 is 2.03 bits per heavy atom. The molecule has 0 bridgehead atoms. The van der Waals surface area contributed by atoms with Gasteiger partial charge in [-0.15, -0.1) is 0 Å². The Bertz CT molecular complexity index is 1590. The minimum absolute atomic E-state index is 0.0933. The molecule has 5 aromatic rings. The zero-order valence-electron chi connectivity index (χ0n) is 20.9. The average Bonchev–Trinajstić information content (AvgIpc) is 3.34. The van der Waals surface area contributed by atoms with Gasteiger partial charge >= 0.3 is 0 Å². The Morgan fingerprint density at radius 2 is 1.44 bits per heavy atom. The van der Waals surface area contributed by atoms with Crippen LogP contribution in [0.4, 0.5) is 0 Å². The summed E-state index contributed by atoms with van der Waals surface area (Å²) in [6.07, 6.45) is 0.255. The minimum Gasteiger partial charge on any atom is -0.350 e. The third-order valence-electron chi connectivity index (χ3n) is 6.51. The molecule has 0 unspecified atom stereocenters. The Labute approximate surface area is 237 Å². The second-order valence-electron chi connectivity index (χ2n) is 9.01. The van der Waals surface area contributed by atoms with Crippen molar-refractivity contribution in [3.63, 3.8) is 0 Å². The maximum atomic E-state index is 13.2. The van der Waals surface area contributed by atoms with Gasteiger partial charge in [-0.1, -0.05) is 108 Å². The Morgan fingerprint density at radius 1 is 0.846 bits per heavy atom. The Hall–Kier alpha value is -4.37. The lowest BCUT2D eigenvalue weighted by atomic mass is 9.88. The molecule has 0 atom stereocenters. The number of hydrogen-bond acceptors (Lipinski definition) is 3. The summed E-state index contributed by atoms with van der Waals surface area (Å²) in [5.41, 5.74) is 4.90. The van der Waals surface area contributed by atoms with E-state index in [1.54, 1.807) is 22.9 Å². The molecule has 5 rings (SSSR count). The minimum atomic E-state index is -0.142. The van der Waals surface area contributed by atoms with Crippen LogP contribution in [0.25, 0.3) is 16.9 Å². The number of rotatable bonds is 8. The van der Waals surface area contributed by atoms with E-state index in [0.717, 1.165) is 16.7 Å². The van der Waals surface area contributed by atoms with Crippen LogP contribution in [0.2, 0.25) is 10.0 Å². The number of halogens is 2. The highest BCUT2D eigenvalue weighted by Gasteiger charge is 2.23. The summed E-state index contributed by atoms with van der Waals surface area (Å²) in [7, 11) is 0. The van der Waals surface area contributed by atoms with E-state index in [1.165, 1.54) is 0 Å². The second-order valence-corrected chi connectivity index (χ2v) is 9.85. The molecule has 4 aromatic carbocycles. The maximum absolute atomic E-state index is 13.2. The van der Waals surface area contributed by atoms with Gasteiger partial charge in [0.2, 0.25) is 5.91 Å². The number of amides is 1. The van der Waals surface area contributed by atoms with Crippen LogP contribution in [0.5, 0.6) is 0 Å². The van der Waals surface area contributed by atoms with E-state index in [0.29, 0.717) is 32.7 Å². The normalized spacial score (nSPS) is 10.8. The van der Waals surface area contributed by atoms with E-state index in [9.17, 15) is 10.1 Å². The second kappa shape index (κ2) is 12.0. The van der Waals surface area contributed by atoms with E-state index in [4.69, 9.17) is 28.3 Å². The topological polar surface area (TPSA) is 70.7 Å². The zero-order valence-corrected chi connectivity index (χ0v) is 22.4. The Balaban J connectivity index is 1.45. The summed E-state index contributed by atoms with van der Waals surface area (Å²) in [6, 6.07) is 36.7. The molecule has 7 heteroatoms. The molecule has 39 heavy (non-hydrogen) atoms. The molecule has 0 spiro atoms. The van der Waals surface area contributed by atoms with E-state index >= 15 is 0 Å². The van der Waals surface area contributed by atoms with Crippen LogP contribution in [-0.4, -0.2) is 15.7 Å². The molecular formula is C32H24Cl2N4O. The van der Waals surface area contributed by atoms with Gasteiger partial charge in [-0.2, -0.15) is 10.4 Å². The zero-order chi connectivity index (χ0) is 27.2. The average molecular weight is 551 g/mol. The summed E-state index contributed by atoms with van der Waals surface area (Å²) >= 11 is 12.6. The summed E-state index contributed by atoms with van der Waals surface area (Å²) in [5, 5.41) is 19.0. The number of carbonyl (C=O) groups excluding carboxylic acids is 1. The van der Waals surface area contributed by atoms with E-state index in [1.807, 2.05) is 91.0 Å². The summed E-state index contributed by atoms with van der Waals surface area (Å²) < 4.78 is 1.66. The molecule has 1 amide bonds. The van der Waals surface area contributed by atoms with Crippen LogP contribution in [-0.2, 0) is 11.3 Å². The molecule has 0 fully saturated rings. The molecule has 0 saturated heterocycles. The molecule has 5 nitrogen and oxygen atoms in total. The highest BCUT2D eigenvalue weighted by Crippen LogP contribution is 2.32. The number of aromatic nitrogens is 2. The van der Waals surface area contributed by atoms with E-state index in [-0.39, 0.29) is 24.8 Å². The van der Waals surface area contributed by atoms with Crippen LogP contribution in [0, 0.1) is 11.3 Å². The van der Waals surface area contributed by atoms with Gasteiger partial charge < -0.3 is 5.32 Å². The molecule has 0 aliphatic heterocycles. The Kier molecular flexibility index (Phi) is 8.07. The largest absolute Gasteiger partial charge is 0.350 e. The lowest BCUT2D eigenvalue weighted by Crippen LogP contribution is -2.25. The monoisotopic (exact) mass is 550 g/mol. The lowest BCUT2D eigenvalue weighted by molar-refractivity contribution is -0.121. The first kappa shape index (κ1) is 26.2. The van der Waals surface area contributed by atoms with Gasteiger partial charge in [-0.3, -0.25) is 4.79 Å². The fraction of sp³-hybridized carbons (Fsp3) is 0.0938. The first-order valence-electron chi connectivity index (χ1n) is 12.4. The predicted octanol–water partition coefficient (Wildman–Crippen LogP) is 7.56. The summed E-state index contributed by atoms with van der Waals surface area (Å²) in [6.45, 7) is 0.0933. The van der Waals surface area contributed by atoms with Crippen molar-refractivity contribution in [1.29, 1.82) is 5.26 Å². The van der Waals surface area contributed by atoms with Crippen molar-refractivity contribution in [2.24, 2.45) is 0 Å². The predicted molar refractivity (Wildman–Crippen MR) is 155 cm³/mol. The van der Waals surface area contributed by atoms with Gasteiger partial charge in [0.1, 0.15) is 17.3 Å². The molecule has 0 aliphatic rings. The van der Waals surface area contributed by atoms with Crippen molar-refractivity contribution >= 4 is 29.1 Å². The molecule has 0 radical (unpaired) electrons. The fourth-order valence-electron chi connectivity index (χ4n) is 4.62. The van der Waals surface area contributed by atoms with Crippen LogP contribution in [0.15, 0.2) is 109 Å². The van der Waals surface area contributed by atoms with Crippen LogP contribution < -0.4 is 5.32 Å². The van der Waals surface area contributed by atoms with Crippen molar-refractivity contribution < 1.29 is 4.79 Å². The van der Waals surface area contributed by atoms with Crippen LogP contribution in [0.3, 0.4) is 0 Å². The van der Waals surface area contributed by atoms with Gasteiger partial charge in [0, 0.05) is 22.9 Å². The third kappa shape index (κ3) is 5.88. The molecule has 0 aliphatic carbocycles. The quantitative estimate of drug-likeness (QED) is 0.216. The van der Waals surface area contributed by atoms with Gasteiger partial charge in [0.05, 0.1) is 22.9 Å². The molecular weight excluding hydrogens is 527 g/mol. The number of nitrogens with zero attached hydrogens (tertiary/aromatic N) is 3. The standard InChI is InChI=1S/C32H24Cl2N4O/c33-25-17-15-24(16-18-25)32-27(20-35)29(37-38(32)30-14-8-7-13-28(30)34)21-36-31(39)19-26(22-9-3-1-4-10-22)23-11-5-2-6-12-23/h1-18,26H,19,21H2,(H,36,39). The SMILES string of the molecule is N#Cc1c(CNC(=O)CC(c2ccccc2)c2ccccc2)nn(-c2ccccc2Cl)c1-c1ccc(Cl)cc1. The smallest absolute Gasteiger partial charge is 0.221 e. The van der Waals surface area contributed by atoms with E-state index < -0.39 is 0 Å². The van der Waals surface area contributed by atoms with Crippen molar-refractivity contribution in [1.82, 2.24) is 15.1 Å². The first-order valence-corrected chi connectivity index (χ1v) is 13.2. The number of nitriles is 1. The first-order chi connectivity index (χ1) is 19.0. The van der Waals surface area contributed by atoms with Crippen LogP contribution >= 0.6 is 23.2 Å². The molecule has 1 heterocycles. The van der Waals surface area contributed by atoms with Gasteiger partial charge in [0.25, 0.3) is 0 Å². The van der Waals surface area contributed by atoms with Gasteiger partial charge in [0.15, 0.2) is 0 Å². The van der Waals surface area contributed by atoms with Gasteiger partial charge in [-0.05, 0) is 35.4 Å². The number of para-hydroxylation sites is 1. The van der Waals surface area contributed by atoms with Crippen molar-refractivity contribution in [3.05, 3.63) is 142 Å². The highest BCUT2D eigenvalue weighted by molar-refractivity contribution is 6.32. The lowest BCUT2D eigenvalue weighted by Gasteiger charge is -2.17. The van der Waals surface area contributed by atoms with Gasteiger partial charge in [-0.25, -0.2) is 4.68 Å². The van der Waals surface area contributed by atoms with Crippen molar-refractivity contribution in [3.8, 4) is 23.0 Å². The fourth-order valence-corrected chi connectivity index (χ4v) is 4.96. The molecule has 0 saturated carbocycles. The molecule has 192 valence electrons. The van der Waals surface area contributed by atoms with E-state index in [2.05, 4.69) is 11.4 Å². The molecule has 1 N–H and O–H groups in total. The summed E-state index contributed by atoms with van der Waals surface area (Å²) in [4.78, 5) is 13.2.